The Morgan fingerprint density at radius 2 is 1.76 bits per heavy atom. The van der Waals surface area contributed by atoms with Crippen molar-refractivity contribution >= 4 is 5.91 Å². The van der Waals surface area contributed by atoms with E-state index in [-0.39, 0.29) is 35.7 Å². The van der Waals surface area contributed by atoms with E-state index in [4.69, 9.17) is 4.74 Å². The standard InChI is InChI=1S/C27H24FN3O3/c1-19(21-7-3-2-4-8-21)17-29-27(33)22-10-12-24(13-11-22)31-26(32)15-14-25(30-31)34-18-20-6-5-9-23(28)16-20/h2-16,19H,17-18H2,1H3,(H,29,33). The fraction of sp³-hybridized carbons (Fsp3) is 0.148. The van der Waals surface area contributed by atoms with Crippen LogP contribution in [0.25, 0.3) is 5.69 Å². The number of hydrogen-bond donors (Lipinski definition) is 1. The second kappa shape index (κ2) is 10.6. The van der Waals surface area contributed by atoms with E-state index < -0.39 is 0 Å². The Hall–Kier alpha value is -4.26. The fourth-order valence-corrected chi connectivity index (χ4v) is 3.44. The molecule has 1 N–H and O–H groups in total. The van der Waals surface area contributed by atoms with Crippen LogP contribution in [0.2, 0.25) is 0 Å². The highest BCUT2D eigenvalue weighted by molar-refractivity contribution is 5.94. The molecule has 34 heavy (non-hydrogen) atoms. The molecular formula is C27H24FN3O3. The molecule has 172 valence electrons. The largest absolute Gasteiger partial charge is 0.472 e. The van der Waals surface area contributed by atoms with Crippen LogP contribution < -0.4 is 15.6 Å². The molecule has 0 fully saturated rings. The predicted molar refractivity (Wildman–Crippen MR) is 128 cm³/mol. The van der Waals surface area contributed by atoms with Crippen LogP contribution in [-0.2, 0) is 6.61 Å². The van der Waals surface area contributed by atoms with E-state index in [0.717, 1.165) is 5.56 Å². The Balaban J connectivity index is 1.41. The Morgan fingerprint density at radius 3 is 2.50 bits per heavy atom. The average molecular weight is 458 g/mol. The van der Waals surface area contributed by atoms with E-state index in [1.165, 1.54) is 28.9 Å². The molecule has 1 unspecified atom stereocenters. The van der Waals surface area contributed by atoms with E-state index in [2.05, 4.69) is 17.3 Å². The van der Waals surface area contributed by atoms with Gasteiger partial charge in [0.25, 0.3) is 11.5 Å². The van der Waals surface area contributed by atoms with Crippen molar-refractivity contribution in [1.29, 1.82) is 0 Å². The fourth-order valence-electron chi connectivity index (χ4n) is 3.44. The summed E-state index contributed by atoms with van der Waals surface area (Å²) in [4.78, 5) is 24.9. The number of carbonyl (C=O) groups excluding carboxylic acids is 1. The molecule has 0 saturated heterocycles. The highest BCUT2D eigenvalue weighted by Crippen LogP contribution is 2.15. The lowest BCUT2D eigenvalue weighted by atomic mass is 10.0. The summed E-state index contributed by atoms with van der Waals surface area (Å²) >= 11 is 0. The molecule has 6 nitrogen and oxygen atoms in total. The van der Waals surface area contributed by atoms with Crippen LogP contribution in [0.15, 0.2) is 95.8 Å². The van der Waals surface area contributed by atoms with Crippen molar-refractivity contribution < 1.29 is 13.9 Å². The molecule has 0 saturated carbocycles. The zero-order valence-corrected chi connectivity index (χ0v) is 18.6. The number of hydrogen-bond acceptors (Lipinski definition) is 4. The molecule has 1 aromatic heterocycles. The average Bonchev–Trinajstić information content (AvgIpc) is 2.87. The van der Waals surface area contributed by atoms with Crippen molar-refractivity contribution in [2.24, 2.45) is 0 Å². The summed E-state index contributed by atoms with van der Waals surface area (Å²) in [5.41, 5.74) is 2.44. The molecule has 0 aliphatic rings. The van der Waals surface area contributed by atoms with Crippen LogP contribution in [0.5, 0.6) is 5.88 Å². The third-order valence-electron chi connectivity index (χ3n) is 5.36. The first kappa shape index (κ1) is 22.9. The van der Waals surface area contributed by atoms with Crippen molar-refractivity contribution in [3.05, 3.63) is 124 Å². The summed E-state index contributed by atoms with van der Waals surface area (Å²) in [7, 11) is 0. The van der Waals surface area contributed by atoms with Gasteiger partial charge in [0.1, 0.15) is 12.4 Å². The smallest absolute Gasteiger partial charge is 0.271 e. The van der Waals surface area contributed by atoms with Crippen LogP contribution in [0.3, 0.4) is 0 Å². The number of nitrogens with zero attached hydrogens (tertiary/aromatic N) is 2. The molecule has 3 aromatic carbocycles. The molecule has 0 aliphatic carbocycles. The van der Waals surface area contributed by atoms with Gasteiger partial charge in [-0.2, -0.15) is 4.68 Å². The molecule has 0 spiro atoms. The Kier molecular flexibility index (Phi) is 7.13. The van der Waals surface area contributed by atoms with Gasteiger partial charge in [-0.15, -0.1) is 5.10 Å². The van der Waals surface area contributed by atoms with Gasteiger partial charge in [-0.3, -0.25) is 9.59 Å². The quantitative estimate of drug-likeness (QED) is 0.423. The lowest BCUT2D eigenvalue weighted by molar-refractivity contribution is 0.0951. The van der Waals surface area contributed by atoms with E-state index in [0.29, 0.717) is 23.4 Å². The van der Waals surface area contributed by atoms with Crippen LogP contribution in [0.4, 0.5) is 4.39 Å². The van der Waals surface area contributed by atoms with E-state index >= 15 is 0 Å². The summed E-state index contributed by atoms with van der Waals surface area (Å²) in [6, 6.07) is 25.5. The van der Waals surface area contributed by atoms with Crippen LogP contribution >= 0.6 is 0 Å². The van der Waals surface area contributed by atoms with E-state index in [1.807, 2.05) is 30.3 Å². The minimum atomic E-state index is -0.349. The molecular weight excluding hydrogens is 433 g/mol. The number of rotatable bonds is 8. The first-order valence-corrected chi connectivity index (χ1v) is 10.9. The minimum Gasteiger partial charge on any atom is -0.472 e. The number of ether oxygens (including phenoxy) is 1. The maximum atomic E-state index is 13.3. The maximum Gasteiger partial charge on any atom is 0.271 e. The molecule has 7 heteroatoms. The zero-order valence-electron chi connectivity index (χ0n) is 18.6. The Labute approximate surface area is 196 Å². The van der Waals surface area contributed by atoms with Crippen molar-refractivity contribution in [2.45, 2.75) is 19.4 Å². The van der Waals surface area contributed by atoms with Crippen LogP contribution in [-0.4, -0.2) is 22.2 Å². The van der Waals surface area contributed by atoms with Gasteiger partial charge in [-0.1, -0.05) is 49.4 Å². The van der Waals surface area contributed by atoms with E-state index in [1.54, 1.807) is 36.4 Å². The zero-order chi connectivity index (χ0) is 23.9. The second-order valence-electron chi connectivity index (χ2n) is 7.91. The summed E-state index contributed by atoms with van der Waals surface area (Å²) in [5.74, 6) is -0.137. The maximum absolute atomic E-state index is 13.3. The highest BCUT2D eigenvalue weighted by atomic mass is 19.1. The third-order valence-corrected chi connectivity index (χ3v) is 5.36. The number of nitrogens with one attached hydrogen (secondary N) is 1. The molecule has 0 radical (unpaired) electrons. The molecule has 4 rings (SSSR count). The number of carbonyl (C=O) groups is 1. The van der Waals surface area contributed by atoms with Crippen molar-refractivity contribution in [1.82, 2.24) is 15.1 Å². The number of amides is 1. The molecule has 1 heterocycles. The summed E-state index contributed by atoms with van der Waals surface area (Å²) in [5, 5.41) is 7.18. The first-order chi connectivity index (χ1) is 16.5. The molecule has 1 atom stereocenters. The lowest BCUT2D eigenvalue weighted by Crippen LogP contribution is -2.27. The lowest BCUT2D eigenvalue weighted by Gasteiger charge is -2.13. The van der Waals surface area contributed by atoms with Gasteiger partial charge in [0, 0.05) is 24.2 Å². The number of benzene rings is 3. The second-order valence-corrected chi connectivity index (χ2v) is 7.91. The highest BCUT2D eigenvalue weighted by Gasteiger charge is 2.11. The monoisotopic (exact) mass is 457 g/mol. The van der Waals surface area contributed by atoms with Crippen molar-refractivity contribution in [3.63, 3.8) is 0 Å². The normalized spacial score (nSPS) is 11.6. The Bertz CT molecular complexity index is 1320. The summed E-state index contributed by atoms with van der Waals surface area (Å²) in [6.45, 7) is 2.68. The van der Waals surface area contributed by atoms with Gasteiger partial charge in [-0.05, 0) is 53.4 Å². The van der Waals surface area contributed by atoms with Gasteiger partial charge in [-0.25, -0.2) is 4.39 Å². The summed E-state index contributed by atoms with van der Waals surface area (Å²) in [6.07, 6.45) is 0. The molecule has 0 aliphatic heterocycles. The molecule has 1 amide bonds. The molecule has 0 bridgehead atoms. The van der Waals surface area contributed by atoms with Gasteiger partial charge >= 0.3 is 0 Å². The number of aromatic nitrogens is 2. The topological polar surface area (TPSA) is 73.2 Å². The van der Waals surface area contributed by atoms with Crippen LogP contribution in [0.1, 0.15) is 34.3 Å². The third kappa shape index (κ3) is 5.75. The summed E-state index contributed by atoms with van der Waals surface area (Å²) < 4.78 is 20.2. The van der Waals surface area contributed by atoms with Gasteiger partial charge in [0.2, 0.25) is 5.88 Å². The van der Waals surface area contributed by atoms with Gasteiger partial charge in [0.05, 0.1) is 5.69 Å². The minimum absolute atomic E-state index is 0.115. The van der Waals surface area contributed by atoms with Gasteiger partial charge < -0.3 is 10.1 Å². The van der Waals surface area contributed by atoms with Crippen molar-refractivity contribution in [3.8, 4) is 11.6 Å². The molecule has 4 aromatic rings. The first-order valence-electron chi connectivity index (χ1n) is 10.9. The Morgan fingerprint density at radius 1 is 1.00 bits per heavy atom. The number of halogens is 1. The van der Waals surface area contributed by atoms with Gasteiger partial charge in [0.15, 0.2) is 0 Å². The van der Waals surface area contributed by atoms with Crippen LogP contribution in [0, 0.1) is 5.82 Å². The SMILES string of the molecule is CC(CNC(=O)c1ccc(-n2nc(OCc3cccc(F)c3)ccc2=O)cc1)c1ccccc1. The predicted octanol–water partition coefficient (Wildman–Crippen LogP) is 4.48. The van der Waals surface area contributed by atoms with Crippen molar-refractivity contribution in [2.75, 3.05) is 6.54 Å². The van der Waals surface area contributed by atoms with E-state index in [9.17, 15) is 14.0 Å².